The van der Waals surface area contributed by atoms with Crippen LogP contribution in [0.4, 0.5) is 26.7 Å². The number of aromatic nitrogens is 3. The number of alkyl halides is 3. The number of benzene rings is 1. The van der Waals surface area contributed by atoms with Crippen LogP contribution in [0.2, 0.25) is 0 Å². The van der Waals surface area contributed by atoms with Gasteiger partial charge in [0, 0.05) is 47.2 Å². The molecule has 4 aromatic rings. The van der Waals surface area contributed by atoms with E-state index in [-0.39, 0.29) is 51.3 Å². The van der Waals surface area contributed by atoms with Crippen molar-refractivity contribution < 1.29 is 49.2 Å². The second-order valence-electron chi connectivity index (χ2n) is 9.59. The molecule has 1 aromatic carbocycles. The summed E-state index contributed by atoms with van der Waals surface area (Å²) in [6, 6.07) is 2.41. The van der Waals surface area contributed by atoms with E-state index in [1.54, 1.807) is 13.8 Å². The van der Waals surface area contributed by atoms with Crippen LogP contribution in [0.5, 0.6) is 11.6 Å². The zero-order valence-corrected chi connectivity index (χ0v) is 23.4. The highest BCUT2D eigenvalue weighted by Crippen LogP contribution is 2.47. The molecule has 17 heteroatoms. The number of halogens is 5. The first-order valence-electron chi connectivity index (χ1n) is 12.3. The fraction of sp³-hybridized carbons (Fsp3) is 0.320. The van der Waals surface area contributed by atoms with Crippen molar-refractivity contribution in [3.8, 4) is 34.0 Å². The highest BCUT2D eigenvalue weighted by Gasteiger charge is 2.49. The van der Waals surface area contributed by atoms with Gasteiger partial charge < -0.3 is 18.9 Å². The van der Waals surface area contributed by atoms with Crippen molar-refractivity contribution in [2.24, 2.45) is 0 Å². The van der Waals surface area contributed by atoms with E-state index in [2.05, 4.69) is 14.3 Å². The van der Waals surface area contributed by atoms with E-state index in [1.807, 2.05) is 0 Å². The first-order valence-corrected chi connectivity index (χ1v) is 14.6. The third-order valence-electron chi connectivity index (χ3n) is 6.36. The van der Waals surface area contributed by atoms with Gasteiger partial charge in [-0.2, -0.15) is 26.7 Å². The maximum atomic E-state index is 15.6. The molecule has 1 fully saturated rings. The first kappa shape index (κ1) is 29.5. The number of ether oxygens (including phenoxy) is 1. The third kappa shape index (κ3) is 5.45. The van der Waals surface area contributed by atoms with Gasteiger partial charge >= 0.3 is 21.7 Å². The summed E-state index contributed by atoms with van der Waals surface area (Å²) in [5.74, 6) is -3.16. The van der Waals surface area contributed by atoms with Crippen molar-refractivity contribution in [3.63, 3.8) is 0 Å². The first-order chi connectivity index (χ1) is 19.7. The van der Waals surface area contributed by atoms with Crippen molar-refractivity contribution in [3.05, 3.63) is 47.6 Å². The van der Waals surface area contributed by atoms with Gasteiger partial charge in [0.1, 0.15) is 17.4 Å². The van der Waals surface area contributed by atoms with E-state index in [1.165, 1.54) is 33.4 Å². The standard InChI is InChI=1S/C25H21F5N4O6S2/c1-12(2)39-18-8-14(26)7-17(27)19(18)20-21(13-9-31-34(10-13)15-3-5-33(11-15)24(35)36)32-23(16-4-6-41-22(16)20)40-42(37,38)25(28,29)30/h4,6-10,12,15H,3,5,11H2,1-2H3,(H,35,36)/t15-/m0/s1. The number of carboxylic acid groups (broad SMARTS) is 1. The minimum Gasteiger partial charge on any atom is -0.490 e. The second-order valence-corrected chi connectivity index (χ2v) is 12.0. The number of rotatable bonds is 7. The molecule has 1 saturated heterocycles. The molecule has 0 unspecified atom stereocenters. The molecule has 0 radical (unpaired) electrons. The average molecular weight is 633 g/mol. The molecule has 0 saturated carbocycles. The molecular formula is C25H21F5N4O6S2. The maximum Gasteiger partial charge on any atom is 0.534 e. The Labute approximate surface area is 239 Å². The predicted molar refractivity (Wildman–Crippen MR) is 141 cm³/mol. The Balaban J connectivity index is 1.76. The molecular weight excluding hydrogens is 611 g/mol. The van der Waals surface area contributed by atoms with Crippen LogP contribution in [-0.4, -0.2) is 64.0 Å². The van der Waals surface area contributed by atoms with E-state index in [4.69, 9.17) is 4.74 Å². The van der Waals surface area contributed by atoms with Gasteiger partial charge in [-0.3, -0.25) is 4.68 Å². The van der Waals surface area contributed by atoms with Crippen molar-refractivity contribution >= 4 is 37.6 Å². The van der Waals surface area contributed by atoms with Gasteiger partial charge in [0.2, 0.25) is 5.88 Å². The van der Waals surface area contributed by atoms with Crippen molar-refractivity contribution in [1.29, 1.82) is 0 Å². The molecule has 0 aliphatic carbocycles. The predicted octanol–water partition coefficient (Wildman–Crippen LogP) is 6.05. The number of thiophene rings is 1. The number of amides is 1. The Morgan fingerprint density at radius 3 is 2.60 bits per heavy atom. The molecule has 1 aliphatic rings. The molecule has 4 heterocycles. The van der Waals surface area contributed by atoms with Crippen LogP contribution < -0.4 is 8.92 Å². The molecule has 0 spiro atoms. The lowest BCUT2D eigenvalue weighted by atomic mass is 9.98. The normalized spacial score (nSPS) is 16.0. The van der Waals surface area contributed by atoms with Crippen LogP contribution in [0, 0.1) is 11.6 Å². The van der Waals surface area contributed by atoms with Gasteiger partial charge in [-0.05, 0) is 31.7 Å². The van der Waals surface area contributed by atoms with E-state index < -0.39 is 51.4 Å². The number of likely N-dealkylation sites (tertiary alicyclic amines) is 1. The fourth-order valence-electron chi connectivity index (χ4n) is 4.58. The maximum absolute atomic E-state index is 15.6. The van der Waals surface area contributed by atoms with Gasteiger partial charge in [0.25, 0.3) is 0 Å². The molecule has 1 amide bonds. The molecule has 10 nitrogen and oxygen atoms in total. The van der Waals surface area contributed by atoms with Gasteiger partial charge in [0.05, 0.1) is 35.0 Å². The van der Waals surface area contributed by atoms with Crippen LogP contribution in [0.15, 0.2) is 36.0 Å². The summed E-state index contributed by atoms with van der Waals surface area (Å²) >= 11 is 0.930. The zero-order valence-electron chi connectivity index (χ0n) is 21.7. The van der Waals surface area contributed by atoms with E-state index in [0.29, 0.717) is 12.5 Å². The smallest absolute Gasteiger partial charge is 0.490 e. The summed E-state index contributed by atoms with van der Waals surface area (Å²) in [5, 5.41) is 14.8. The summed E-state index contributed by atoms with van der Waals surface area (Å²) in [7, 11) is -6.14. The third-order valence-corrected chi connectivity index (χ3v) is 8.24. The molecule has 1 atom stereocenters. The highest BCUT2D eigenvalue weighted by molar-refractivity contribution is 7.88. The summed E-state index contributed by atoms with van der Waals surface area (Å²) in [6.45, 7) is 3.59. The van der Waals surface area contributed by atoms with E-state index in [0.717, 1.165) is 17.4 Å². The Morgan fingerprint density at radius 1 is 1.21 bits per heavy atom. The summed E-state index contributed by atoms with van der Waals surface area (Å²) in [5.41, 5.74) is -6.17. The number of carbonyl (C=O) groups is 1. The van der Waals surface area contributed by atoms with Gasteiger partial charge in [-0.25, -0.2) is 18.6 Å². The molecule has 224 valence electrons. The summed E-state index contributed by atoms with van der Waals surface area (Å²) in [6.07, 6.45) is 1.44. The zero-order chi connectivity index (χ0) is 30.6. The number of hydrogen-bond acceptors (Lipinski definition) is 8. The monoisotopic (exact) mass is 632 g/mol. The lowest BCUT2D eigenvalue weighted by Gasteiger charge is -2.19. The van der Waals surface area contributed by atoms with Crippen LogP contribution in [0.3, 0.4) is 0 Å². The minimum atomic E-state index is -6.14. The lowest BCUT2D eigenvalue weighted by molar-refractivity contribution is -0.0500. The van der Waals surface area contributed by atoms with E-state index in [9.17, 15) is 35.9 Å². The lowest BCUT2D eigenvalue weighted by Crippen LogP contribution is -2.28. The number of nitrogens with zero attached hydrogens (tertiary/aromatic N) is 4. The Morgan fingerprint density at radius 2 is 1.95 bits per heavy atom. The Kier molecular flexibility index (Phi) is 7.51. The van der Waals surface area contributed by atoms with Crippen LogP contribution in [-0.2, 0) is 10.1 Å². The number of hydrogen-bond donors (Lipinski definition) is 1. The molecule has 0 bridgehead atoms. The SMILES string of the molecule is CC(C)Oc1cc(F)cc(F)c1-c1c(-c2cnn([C@H]3CCN(C(=O)O)C3)c2)nc(OS(=O)(=O)C(F)(F)F)c2ccsc12. The molecule has 3 aromatic heterocycles. The second kappa shape index (κ2) is 10.7. The molecule has 1 N–H and O–H groups in total. The quantitative estimate of drug-likeness (QED) is 0.149. The average Bonchev–Trinajstić information content (AvgIpc) is 3.63. The summed E-state index contributed by atoms with van der Waals surface area (Å²) in [4.78, 5) is 16.7. The molecule has 1 aliphatic heterocycles. The van der Waals surface area contributed by atoms with Crippen LogP contribution in [0.25, 0.3) is 32.5 Å². The van der Waals surface area contributed by atoms with Crippen LogP contribution in [0.1, 0.15) is 26.3 Å². The van der Waals surface area contributed by atoms with Crippen molar-refractivity contribution in [2.75, 3.05) is 13.1 Å². The Bertz CT molecular complexity index is 1790. The van der Waals surface area contributed by atoms with E-state index >= 15 is 4.39 Å². The minimum absolute atomic E-state index is 0.0250. The van der Waals surface area contributed by atoms with Crippen molar-refractivity contribution in [1.82, 2.24) is 19.7 Å². The van der Waals surface area contributed by atoms with Gasteiger partial charge in [0.15, 0.2) is 0 Å². The Hall–Kier alpha value is -3.99. The summed E-state index contributed by atoms with van der Waals surface area (Å²) < 4.78 is 105. The fourth-order valence-corrected chi connectivity index (χ4v) is 5.95. The molecule has 5 rings (SSSR count). The van der Waals surface area contributed by atoms with Gasteiger partial charge in [-0.15, -0.1) is 11.3 Å². The highest BCUT2D eigenvalue weighted by atomic mass is 32.2. The topological polar surface area (TPSA) is 124 Å². The number of fused-ring (bicyclic) bond motifs is 1. The van der Waals surface area contributed by atoms with Gasteiger partial charge in [-0.1, -0.05) is 0 Å². The molecule has 42 heavy (non-hydrogen) atoms. The largest absolute Gasteiger partial charge is 0.534 e. The number of pyridine rings is 1. The van der Waals surface area contributed by atoms with Crippen molar-refractivity contribution in [2.45, 2.75) is 37.9 Å². The van der Waals surface area contributed by atoms with Crippen LogP contribution >= 0.6 is 11.3 Å².